The molecule has 8 heteroatoms. The molecule has 1 heterocycles. The van der Waals surface area contributed by atoms with Gasteiger partial charge in [-0.2, -0.15) is 0 Å². The van der Waals surface area contributed by atoms with E-state index in [1.165, 1.54) is 5.56 Å². The van der Waals surface area contributed by atoms with Crippen LogP contribution in [0, 0.1) is 11.8 Å². The van der Waals surface area contributed by atoms with Crippen molar-refractivity contribution in [1.82, 2.24) is 16.0 Å². The first-order valence-corrected chi connectivity index (χ1v) is 11.4. The Labute approximate surface area is 189 Å². The molecule has 0 aromatic heterocycles. The fraction of sp³-hybridized carbons (Fsp3) is 0.583. The molecule has 2 rings (SSSR count). The second-order valence-electron chi connectivity index (χ2n) is 8.74. The average Bonchev–Trinajstić information content (AvgIpc) is 3.15. The molecule has 1 aromatic rings. The number of alkyl carbamates (subject to hydrolysis) is 1. The summed E-state index contributed by atoms with van der Waals surface area (Å²) in [6.45, 7) is 6.66. The van der Waals surface area contributed by atoms with Crippen molar-refractivity contribution < 1.29 is 23.9 Å². The van der Waals surface area contributed by atoms with Crippen LogP contribution in [0.15, 0.2) is 24.3 Å². The van der Waals surface area contributed by atoms with E-state index >= 15 is 0 Å². The molecule has 1 aliphatic heterocycles. The third-order valence-corrected chi connectivity index (χ3v) is 5.41. The number of benzene rings is 1. The predicted octanol–water partition coefficient (Wildman–Crippen LogP) is 2.49. The van der Waals surface area contributed by atoms with Crippen LogP contribution in [0.3, 0.4) is 0 Å². The zero-order chi connectivity index (χ0) is 23.5. The Morgan fingerprint density at radius 2 is 2.00 bits per heavy atom. The summed E-state index contributed by atoms with van der Waals surface area (Å²) in [5.41, 5.74) is 2.06. The highest BCUT2D eigenvalue weighted by atomic mass is 16.5. The van der Waals surface area contributed by atoms with Gasteiger partial charge in [-0.05, 0) is 42.7 Å². The minimum Gasteiger partial charge on any atom is -0.445 e. The molecule has 1 saturated heterocycles. The van der Waals surface area contributed by atoms with E-state index in [2.05, 4.69) is 22.9 Å². The minimum absolute atomic E-state index is 0.102. The third-order valence-electron chi connectivity index (χ3n) is 5.41. The first-order chi connectivity index (χ1) is 15.3. The van der Waals surface area contributed by atoms with Crippen molar-refractivity contribution in [2.24, 2.45) is 11.8 Å². The summed E-state index contributed by atoms with van der Waals surface area (Å²) in [5, 5.41) is 8.01. The van der Waals surface area contributed by atoms with Crippen molar-refractivity contribution in [1.29, 1.82) is 0 Å². The van der Waals surface area contributed by atoms with Crippen molar-refractivity contribution in [2.75, 3.05) is 6.54 Å². The number of amides is 3. The second-order valence-corrected chi connectivity index (χ2v) is 8.74. The summed E-state index contributed by atoms with van der Waals surface area (Å²) in [6, 6.07) is 6.23. The standard InChI is InChI=1S/C24H35N3O5/c1-4-6-17-7-5-8-18(12-17)15-32-24(31)27-21(11-16(2)3)23(30)26-20(14-28)13-19-9-10-25-22(19)29/h5,7-8,12,14,16,19-21H,4,6,9-11,13,15H2,1-3H3,(H,25,29)(H,26,30)(H,27,31)/t19-,20-,21-/m0/s1. The Balaban J connectivity index is 1.92. The lowest BCUT2D eigenvalue weighted by atomic mass is 9.98. The summed E-state index contributed by atoms with van der Waals surface area (Å²) in [6.07, 6.45) is 3.21. The third kappa shape index (κ3) is 8.32. The van der Waals surface area contributed by atoms with E-state index in [0.29, 0.717) is 25.7 Å². The zero-order valence-corrected chi connectivity index (χ0v) is 19.2. The Morgan fingerprint density at radius 1 is 1.25 bits per heavy atom. The summed E-state index contributed by atoms with van der Waals surface area (Å²) in [5.74, 6) is -0.729. The molecule has 0 aliphatic carbocycles. The van der Waals surface area contributed by atoms with Gasteiger partial charge in [-0.3, -0.25) is 9.59 Å². The molecule has 176 valence electrons. The lowest BCUT2D eigenvalue weighted by molar-refractivity contribution is -0.127. The van der Waals surface area contributed by atoms with E-state index in [-0.39, 0.29) is 30.8 Å². The van der Waals surface area contributed by atoms with Crippen LogP contribution in [0.5, 0.6) is 0 Å². The van der Waals surface area contributed by atoms with Gasteiger partial charge in [-0.25, -0.2) is 4.79 Å². The summed E-state index contributed by atoms with van der Waals surface area (Å²) in [4.78, 5) is 48.4. The number of hydrogen-bond donors (Lipinski definition) is 3. The smallest absolute Gasteiger partial charge is 0.408 e. The molecule has 8 nitrogen and oxygen atoms in total. The summed E-state index contributed by atoms with van der Waals surface area (Å²) < 4.78 is 5.32. The number of aldehydes is 1. The van der Waals surface area contributed by atoms with Gasteiger partial charge in [0.25, 0.3) is 0 Å². The monoisotopic (exact) mass is 445 g/mol. The van der Waals surface area contributed by atoms with Crippen LogP contribution in [0.25, 0.3) is 0 Å². The number of nitrogens with one attached hydrogen (secondary N) is 3. The van der Waals surface area contributed by atoms with Crippen molar-refractivity contribution >= 4 is 24.2 Å². The molecule has 0 spiro atoms. The highest BCUT2D eigenvalue weighted by molar-refractivity contribution is 5.88. The Kier molecular flexibility index (Phi) is 10.2. The van der Waals surface area contributed by atoms with Crippen LogP contribution < -0.4 is 16.0 Å². The number of ether oxygens (including phenoxy) is 1. The van der Waals surface area contributed by atoms with E-state index in [1.807, 2.05) is 38.1 Å². The molecule has 1 fully saturated rings. The maximum Gasteiger partial charge on any atom is 0.408 e. The minimum atomic E-state index is -0.839. The second kappa shape index (κ2) is 12.8. The van der Waals surface area contributed by atoms with Gasteiger partial charge in [0.15, 0.2) is 0 Å². The van der Waals surface area contributed by atoms with Crippen LogP contribution in [-0.4, -0.2) is 42.8 Å². The average molecular weight is 446 g/mol. The fourth-order valence-corrected chi connectivity index (χ4v) is 3.81. The molecule has 0 bridgehead atoms. The van der Waals surface area contributed by atoms with E-state index in [9.17, 15) is 19.2 Å². The van der Waals surface area contributed by atoms with E-state index in [0.717, 1.165) is 18.4 Å². The maximum absolute atomic E-state index is 12.8. The summed E-state index contributed by atoms with van der Waals surface area (Å²) >= 11 is 0. The quantitative estimate of drug-likeness (QED) is 0.428. The lowest BCUT2D eigenvalue weighted by Crippen LogP contribution is -2.51. The van der Waals surface area contributed by atoms with Gasteiger partial charge in [-0.1, -0.05) is 51.5 Å². The molecule has 0 radical (unpaired) electrons. The molecule has 1 aromatic carbocycles. The van der Waals surface area contributed by atoms with Crippen molar-refractivity contribution in [3.05, 3.63) is 35.4 Å². The largest absolute Gasteiger partial charge is 0.445 e. The number of hydrogen-bond acceptors (Lipinski definition) is 5. The molecule has 1 aliphatic rings. The fourth-order valence-electron chi connectivity index (χ4n) is 3.81. The first kappa shape index (κ1) is 25.4. The maximum atomic E-state index is 12.8. The molecule has 0 unspecified atom stereocenters. The van der Waals surface area contributed by atoms with Crippen LogP contribution in [0.1, 0.15) is 57.6 Å². The van der Waals surface area contributed by atoms with Crippen LogP contribution in [0.4, 0.5) is 4.79 Å². The topological polar surface area (TPSA) is 114 Å². The molecule has 0 saturated carbocycles. The first-order valence-electron chi connectivity index (χ1n) is 11.4. The lowest BCUT2D eigenvalue weighted by Gasteiger charge is -2.23. The van der Waals surface area contributed by atoms with Gasteiger partial charge in [-0.15, -0.1) is 0 Å². The molecular weight excluding hydrogens is 410 g/mol. The van der Waals surface area contributed by atoms with Gasteiger partial charge >= 0.3 is 6.09 Å². The van der Waals surface area contributed by atoms with E-state index in [1.54, 1.807) is 0 Å². The van der Waals surface area contributed by atoms with Crippen LogP contribution in [0.2, 0.25) is 0 Å². The van der Waals surface area contributed by atoms with Gasteiger partial charge in [0.2, 0.25) is 11.8 Å². The van der Waals surface area contributed by atoms with Crippen molar-refractivity contribution in [3.8, 4) is 0 Å². The number of carbonyl (C=O) groups is 4. The van der Waals surface area contributed by atoms with Gasteiger partial charge in [0.1, 0.15) is 18.9 Å². The normalized spacial score (nSPS) is 17.4. The number of aryl methyl sites for hydroxylation is 1. The van der Waals surface area contributed by atoms with E-state index in [4.69, 9.17) is 4.74 Å². The van der Waals surface area contributed by atoms with Gasteiger partial charge in [0.05, 0.1) is 6.04 Å². The van der Waals surface area contributed by atoms with Crippen LogP contribution >= 0.6 is 0 Å². The molecular formula is C24H35N3O5. The molecule has 3 N–H and O–H groups in total. The Morgan fingerprint density at radius 3 is 2.62 bits per heavy atom. The van der Waals surface area contributed by atoms with E-state index < -0.39 is 24.1 Å². The van der Waals surface area contributed by atoms with Crippen molar-refractivity contribution in [2.45, 2.75) is 71.6 Å². The predicted molar refractivity (Wildman–Crippen MR) is 121 cm³/mol. The van der Waals surface area contributed by atoms with Crippen LogP contribution in [-0.2, 0) is 32.1 Å². The molecule has 3 atom stereocenters. The Hall–Kier alpha value is -2.90. The highest BCUT2D eigenvalue weighted by Crippen LogP contribution is 2.16. The van der Waals surface area contributed by atoms with Crippen molar-refractivity contribution in [3.63, 3.8) is 0 Å². The van der Waals surface area contributed by atoms with Gasteiger partial charge < -0.3 is 25.5 Å². The van der Waals surface area contributed by atoms with Gasteiger partial charge in [0, 0.05) is 12.5 Å². The molecule has 3 amide bonds. The summed E-state index contributed by atoms with van der Waals surface area (Å²) in [7, 11) is 0. The molecule has 32 heavy (non-hydrogen) atoms. The Bertz CT molecular complexity index is 796. The zero-order valence-electron chi connectivity index (χ0n) is 19.2. The SMILES string of the molecule is CCCc1cccc(COC(=O)N[C@@H](CC(C)C)C(=O)N[C@H](C=O)C[C@@H]2CCNC2=O)c1. The highest BCUT2D eigenvalue weighted by Gasteiger charge is 2.30. The number of rotatable bonds is 12. The number of carbonyl (C=O) groups excluding carboxylic acids is 4.